The molecule has 11 aromatic carbocycles. The second kappa shape index (κ2) is 17.6. The minimum Gasteiger partial charge on any atom is -0.309 e. The minimum absolute atomic E-state index is 0.375. The van der Waals surface area contributed by atoms with Crippen LogP contribution in [-0.2, 0) is 0 Å². The molecule has 16 aromatic rings. The van der Waals surface area contributed by atoms with Crippen LogP contribution in [0.5, 0.6) is 0 Å². The van der Waals surface area contributed by atoms with E-state index >= 15 is 0 Å². The molecule has 0 unspecified atom stereocenters. The molecule has 5 heterocycles. The van der Waals surface area contributed by atoms with E-state index in [-0.39, 0.29) is 0 Å². The second-order valence-corrected chi connectivity index (χ2v) is 20.2. The molecule has 0 amide bonds. The first-order valence-electron chi connectivity index (χ1n) is 26.5. The molecule has 0 aliphatic heterocycles. The van der Waals surface area contributed by atoms with E-state index in [2.05, 4.69) is 200 Å². The number of hydrogen-bond donors (Lipinski definition) is 0. The van der Waals surface area contributed by atoms with Gasteiger partial charge in [-0.1, -0.05) is 140 Å². The van der Waals surface area contributed by atoms with Crippen LogP contribution in [0.25, 0.3) is 144 Å². The number of fused-ring (bicyclic) bond motifs is 12. The number of nitrogens with zero attached hydrogens (tertiary/aromatic N) is 9. The monoisotopic (exact) mass is 1020 g/mol. The van der Waals surface area contributed by atoms with Crippen LogP contribution in [0.15, 0.2) is 249 Å². The summed E-state index contributed by atoms with van der Waals surface area (Å²) in [5.74, 6) is 1.20. The molecule has 0 saturated carbocycles. The second-order valence-electron chi connectivity index (χ2n) is 20.2. The fourth-order valence-corrected chi connectivity index (χ4v) is 12.4. The molecule has 9 heteroatoms. The maximum atomic E-state index is 10.7. The van der Waals surface area contributed by atoms with E-state index in [1.165, 1.54) is 0 Å². The molecule has 16 rings (SSSR count). The fourth-order valence-electron chi connectivity index (χ4n) is 12.4. The number of para-hydroxylation sites is 6. The van der Waals surface area contributed by atoms with E-state index < -0.39 is 0 Å². The summed E-state index contributed by atoms with van der Waals surface area (Å²) in [5, 5.41) is 30.2. The maximum absolute atomic E-state index is 10.7. The number of benzene rings is 11. The molecule has 9 nitrogen and oxygen atoms in total. The first-order valence-corrected chi connectivity index (χ1v) is 26.5. The fraction of sp³-hybridized carbons (Fsp3) is 0. The average Bonchev–Trinajstić information content (AvgIpc) is 4.41. The molecule has 370 valence electrons. The highest BCUT2D eigenvalue weighted by molar-refractivity contribution is 6.21. The lowest BCUT2D eigenvalue weighted by Gasteiger charge is -2.17. The predicted octanol–water partition coefficient (Wildman–Crippen LogP) is 17.0. The Morgan fingerprint density at radius 3 is 0.950 bits per heavy atom. The SMILES string of the molecule is N#Cc1ccc(-n2c3ccccc3c3cc4c(cc32)c2ccccc2n4-c2ccccc2)c(-c2nc(-c3ccccc3)nc(-c3cc(C#N)ccc3-n3c4ccccc4c4cc5c(cc43)c3ccccc3n5-c3ccccc3)n2)c1. The van der Waals surface area contributed by atoms with Crippen LogP contribution in [0.1, 0.15) is 11.1 Å². The third kappa shape index (κ3) is 6.72. The van der Waals surface area contributed by atoms with Gasteiger partial charge >= 0.3 is 0 Å². The van der Waals surface area contributed by atoms with Crippen molar-refractivity contribution in [1.29, 1.82) is 10.5 Å². The third-order valence-corrected chi connectivity index (χ3v) is 15.8. The van der Waals surface area contributed by atoms with Gasteiger partial charge in [0, 0.05) is 71.2 Å². The van der Waals surface area contributed by atoms with Crippen LogP contribution in [0, 0.1) is 22.7 Å². The lowest BCUT2D eigenvalue weighted by Crippen LogP contribution is -2.06. The van der Waals surface area contributed by atoms with Crippen molar-refractivity contribution in [2.75, 3.05) is 0 Å². The Morgan fingerprint density at radius 2 is 0.575 bits per heavy atom. The maximum Gasteiger partial charge on any atom is 0.166 e. The van der Waals surface area contributed by atoms with E-state index in [4.69, 9.17) is 15.0 Å². The summed E-state index contributed by atoms with van der Waals surface area (Å²) >= 11 is 0. The largest absolute Gasteiger partial charge is 0.309 e. The van der Waals surface area contributed by atoms with Crippen LogP contribution in [0.3, 0.4) is 0 Å². The molecule has 0 N–H and O–H groups in total. The first kappa shape index (κ1) is 44.9. The standard InChI is InChI=1S/C71H41N9/c72-42-44-32-34-63(79-61-30-16-12-26-51(61)55-38-65-53(40-67(55)79)49-24-10-14-28-59(49)77(65)47-20-6-2-7-21-47)57(36-44)70-74-69(46-18-4-1-5-19-46)75-71(76-70)58-37-45(43-73)33-35-64(58)80-62-31-17-13-27-52(62)56-39-66-54(41-68(56)80)50-25-11-15-29-60(50)78(66)48-22-8-3-9-23-48/h1-41H. The van der Waals surface area contributed by atoms with Crippen molar-refractivity contribution in [1.82, 2.24) is 33.2 Å². The van der Waals surface area contributed by atoms with Gasteiger partial charge in [0.2, 0.25) is 0 Å². The molecule has 0 aliphatic rings. The Hall–Kier alpha value is -11.4. The quantitative estimate of drug-likeness (QED) is 0.158. The van der Waals surface area contributed by atoms with Gasteiger partial charge in [-0.05, 0) is 109 Å². The normalized spacial score (nSPS) is 11.7. The average molecular weight is 1020 g/mol. The number of hydrogen-bond acceptors (Lipinski definition) is 5. The summed E-state index contributed by atoms with van der Waals surface area (Å²) in [4.78, 5) is 16.2. The topological polar surface area (TPSA) is 106 Å². The van der Waals surface area contributed by atoms with E-state index in [1.54, 1.807) is 0 Å². The van der Waals surface area contributed by atoms with Gasteiger partial charge in [0.15, 0.2) is 17.5 Å². The summed E-state index contributed by atoms with van der Waals surface area (Å²) in [6, 6.07) is 90.7. The van der Waals surface area contributed by atoms with Crippen molar-refractivity contribution in [2.24, 2.45) is 0 Å². The Kier molecular flexibility index (Phi) is 9.86. The Morgan fingerprint density at radius 1 is 0.263 bits per heavy atom. The van der Waals surface area contributed by atoms with Gasteiger partial charge in [0.05, 0.1) is 78.8 Å². The highest BCUT2D eigenvalue weighted by Crippen LogP contribution is 2.44. The van der Waals surface area contributed by atoms with Crippen LogP contribution in [0.4, 0.5) is 0 Å². The summed E-state index contributed by atoms with van der Waals surface area (Å²) < 4.78 is 9.27. The van der Waals surface area contributed by atoms with Gasteiger partial charge in [-0.3, -0.25) is 0 Å². The van der Waals surface area contributed by atoms with Gasteiger partial charge < -0.3 is 18.3 Å². The summed E-state index contributed by atoms with van der Waals surface area (Å²) in [6.07, 6.45) is 0. The van der Waals surface area contributed by atoms with Gasteiger partial charge in [-0.15, -0.1) is 0 Å². The predicted molar refractivity (Wildman–Crippen MR) is 323 cm³/mol. The Balaban J connectivity index is 0.966. The van der Waals surface area contributed by atoms with Crippen LogP contribution in [0.2, 0.25) is 0 Å². The van der Waals surface area contributed by atoms with Crippen molar-refractivity contribution in [3.05, 3.63) is 260 Å². The zero-order valence-electron chi connectivity index (χ0n) is 42.7. The molecule has 0 atom stereocenters. The summed E-state index contributed by atoms with van der Waals surface area (Å²) in [5.41, 5.74) is 15.2. The highest BCUT2D eigenvalue weighted by atomic mass is 15.1. The molecule has 80 heavy (non-hydrogen) atoms. The van der Waals surface area contributed by atoms with Crippen molar-refractivity contribution in [3.8, 4) is 69.1 Å². The Labute approximate surface area is 457 Å². The molecule has 0 fully saturated rings. The van der Waals surface area contributed by atoms with Gasteiger partial charge in [-0.25, -0.2) is 15.0 Å². The van der Waals surface area contributed by atoms with E-state index in [0.29, 0.717) is 39.7 Å². The highest BCUT2D eigenvalue weighted by Gasteiger charge is 2.25. The summed E-state index contributed by atoms with van der Waals surface area (Å²) in [7, 11) is 0. The molecule has 0 spiro atoms. The Bertz CT molecular complexity index is 5010. The molecule has 0 aliphatic carbocycles. The van der Waals surface area contributed by atoms with Crippen LogP contribution in [-0.4, -0.2) is 33.2 Å². The molecule has 0 bridgehead atoms. The lowest BCUT2D eigenvalue weighted by atomic mass is 10.1. The van der Waals surface area contributed by atoms with E-state index in [9.17, 15) is 10.5 Å². The molecular formula is C71H41N9. The van der Waals surface area contributed by atoms with Gasteiger partial charge in [0.1, 0.15) is 0 Å². The van der Waals surface area contributed by atoms with E-state index in [1.807, 2.05) is 78.9 Å². The van der Waals surface area contributed by atoms with Gasteiger partial charge in [0.25, 0.3) is 0 Å². The van der Waals surface area contributed by atoms with E-state index in [0.717, 1.165) is 116 Å². The number of aromatic nitrogens is 7. The zero-order chi connectivity index (χ0) is 53.0. The molecule has 5 aromatic heterocycles. The lowest BCUT2D eigenvalue weighted by molar-refractivity contribution is 1.06. The van der Waals surface area contributed by atoms with Crippen molar-refractivity contribution >= 4 is 87.2 Å². The smallest absolute Gasteiger partial charge is 0.166 e. The number of nitriles is 2. The molecular weight excluding hydrogens is 979 g/mol. The van der Waals surface area contributed by atoms with Crippen molar-refractivity contribution in [3.63, 3.8) is 0 Å². The molecule has 0 saturated heterocycles. The van der Waals surface area contributed by atoms with Crippen molar-refractivity contribution in [2.45, 2.75) is 0 Å². The van der Waals surface area contributed by atoms with Gasteiger partial charge in [-0.2, -0.15) is 10.5 Å². The minimum atomic E-state index is 0.375. The van der Waals surface area contributed by atoms with Crippen LogP contribution >= 0.6 is 0 Å². The summed E-state index contributed by atoms with van der Waals surface area (Å²) in [6.45, 7) is 0. The van der Waals surface area contributed by atoms with Crippen LogP contribution < -0.4 is 0 Å². The van der Waals surface area contributed by atoms with Crippen molar-refractivity contribution < 1.29 is 0 Å². The molecule has 0 radical (unpaired) electrons. The first-order chi connectivity index (χ1) is 39.6. The zero-order valence-corrected chi connectivity index (χ0v) is 42.7. The number of rotatable bonds is 7. The third-order valence-electron chi connectivity index (χ3n) is 15.8.